The predicted octanol–water partition coefficient (Wildman–Crippen LogP) is 0.443. The zero-order valence-electron chi connectivity index (χ0n) is 11.1. The molecule has 2 amide bonds. The van der Waals surface area contributed by atoms with Crippen molar-refractivity contribution in [1.29, 1.82) is 0 Å². The summed E-state index contributed by atoms with van der Waals surface area (Å²) in [5, 5.41) is 22.3. The molecule has 7 heteroatoms. The van der Waals surface area contributed by atoms with Crippen LogP contribution in [-0.2, 0) is 16.0 Å². The van der Waals surface area contributed by atoms with Gasteiger partial charge in [0.2, 0.25) is 0 Å². The van der Waals surface area contributed by atoms with Crippen molar-refractivity contribution in [3.63, 3.8) is 0 Å². The van der Waals surface area contributed by atoms with E-state index in [4.69, 9.17) is 14.9 Å². The monoisotopic (exact) mass is 282 g/mol. The Morgan fingerprint density at radius 1 is 1.35 bits per heavy atom. The molecule has 4 N–H and O–H groups in total. The highest BCUT2D eigenvalue weighted by molar-refractivity contribution is 5.92. The molecule has 1 unspecified atom stereocenters. The number of carboxylic acids is 1. The maximum absolute atomic E-state index is 11.7. The number of carbonyl (C=O) groups is 2. The Bertz CT molecular complexity index is 464. The number of hydrogen-bond donors (Lipinski definition) is 4. The number of carbonyl (C=O) groups excluding carboxylic acids is 1. The Balaban J connectivity index is 2.67. The number of nitrogens with one attached hydrogen (secondary N) is 2. The van der Waals surface area contributed by atoms with E-state index in [1.54, 1.807) is 19.2 Å². The van der Waals surface area contributed by atoms with Crippen molar-refractivity contribution in [2.75, 3.05) is 25.6 Å². The van der Waals surface area contributed by atoms with Crippen LogP contribution in [0.25, 0.3) is 0 Å². The smallest absolute Gasteiger partial charge is 0.328 e. The molecule has 0 saturated carbocycles. The number of benzene rings is 1. The van der Waals surface area contributed by atoms with Gasteiger partial charge in [0.25, 0.3) is 0 Å². The third kappa shape index (κ3) is 4.87. The van der Waals surface area contributed by atoms with Crippen LogP contribution in [-0.4, -0.2) is 48.6 Å². The van der Waals surface area contributed by atoms with Crippen molar-refractivity contribution >= 4 is 17.7 Å². The minimum absolute atomic E-state index is 0.509. The van der Waals surface area contributed by atoms with E-state index >= 15 is 0 Å². The molecular weight excluding hydrogens is 264 g/mol. The molecule has 0 aliphatic rings. The van der Waals surface area contributed by atoms with Gasteiger partial charge in [-0.05, 0) is 18.1 Å². The molecule has 0 spiro atoms. The molecule has 0 aliphatic heterocycles. The van der Waals surface area contributed by atoms with Gasteiger partial charge >= 0.3 is 12.0 Å². The number of para-hydroxylation sites is 1. The number of carboxylic acid groups (broad SMARTS) is 1. The van der Waals surface area contributed by atoms with E-state index in [1.807, 2.05) is 12.1 Å². The van der Waals surface area contributed by atoms with Crippen LogP contribution in [0.2, 0.25) is 0 Å². The molecule has 0 bridgehead atoms. The molecule has 1 rings (SSSR count). The first-order valence-electron chi connectivity index (χ1n) is 6.06. The number of amides is 2. The lowest BCUT2D eigenvalue weighted by molar-refractivity contribution is -0.140. The van der Waals surface area contributed by atoms with Gasteiger partial charge in [0.1, 0.15) is 0 Å². The molecule has 110 valence electrons. The molecule has 20 heavy (non-hydrogen) atoms. The largest absolute Gasteiger partial charge is 0.480 e. The molecule has 0 saturated heterocycles. The summed E-state index contributed by atoms with van der Waals surface area (Å²) in [4.78, 5) is 22.4. The molecule has 7 nitrogen and oxygen atoms in total. The number of ether oxygens (including phenoxy) is 1. The van der Waals surface area contributed by atoms with Crippen molar-refractivity contribution in [1.82, 2.24) is 5.32 Å². The van der Waals surface area contributed by atoms with E-state index in [0.29, 0.717) is 18.7 Å². The standard InChI is InChI=1S/C13H18N2O5/c1-20-7-6-9-4-2-3-5-10(9)14-13(19)15-11(8-16)12(17)18/h2-5,11,16H,6-8H2,1H3,(H,17,18)(H2,14,15,19). The van der Waals surface area contributed by atoms with Crippen LogP contribution in [0.5, 0.6) is 0 Å². The SMILES string of the molecule is COCCc1ccccc1NC(=O)NC(CO)C(=O)O. The molecule has 1 aromatic carbocycles. The summed E-state index contributed by atoms with van der Waals surface area (Å²) >= 11 is 0. The fourth-order valence-electron chi connectivity index (χ4n) is 1.57. The number of urea groups is 1. The summed E-state index contributed by atoms with van der Waals surface area (Å²) in [6.07, 6.45) is 0.620. The van der Waals surface area contributed by atoms with Gasteiger partial charge in [-0.2, -0.15) is 0 Å². The van der Waals surface area contributed by atoms with Crippen molar-refractivity contribution < 1.29 is 24.5 Å². The number of anilines is 1. The Morgan fingerprint density at radius 3 is 2.65 bits per heavy atom. The van der Waals surface area contributed by atoms with E-state index in [2.05, 4.69) is 10.6 Å². The van der Waals surface area contributed by atoms with Gasteiger partial charge in [-0.1, -0.05) is 18.2 Å². The van der Waals surface area contributed by atoms with E-state index in [1.165, 1.54) is 0 Å². The van der Waals surface area contributed by atoms with Crippen LogP contribution in [0.15, 0.2) is 24.3 Å². The van der Waals surface area contributed by atoms with Crippen LogP contribution < -0.4 is 10.6 Å². The van der Waals surface area contributed by atoms with Gasteiger partial charge in [-0.15, -0.1) is 0 Å². The first-order chi connectivity index (χ1) is 9.58. The van der Waals surface area contributed by atoms with Crippen molar-refractivity contribution in [3.05, 3.63) is 29.8 Å². The molecule has 1 aromatic rings. The summed E-state index contributed by atoms with van der Waals surface area (Å²) < 4.78 is 4.98. The number of rotatable bonds is 7. The van der Waals surface area contributed by atoms with Crippen LogP contribution in [0.1, 0.15) is 5.56 Å². The molecule has 0 radical (unpaired) electrons. The minimum atomic E-state index is -1.33. The summed E-state index contributed by atoms with van der Waals surface area (Å²) in [5.41, 5.74) is 1.45. The van der Waals surface area contributed by atoms with Gasteiger partial charge in [0, 0.05) is 12.8 Å². The first kappa shape index (κ1) is 15.9. The second kappa shape index (κ2) is 8.13. The topological polar surface area (TPSA) is 108 Å². The summed E-state index contributed by atoms with van der Waals surface area (Å²) in [7, 11) is 1.58. The summed E-state index contributed by atoms with van der Waals surface area (Å²) in [5.74, 6) is -1.30. The third-order valence-electron chi connectivity index (χ3n) is 2.63. The molecule has 0 fully saturated rings. The average Bonchev–Trinajstić information content (AvgIpc) is 2.43. The Labute approximate surface area is 116 Å². The van der Waals surface area contributed by atoms with Gasteiger partial charge in [-0.3, -0.25) is 0 Å². The van der Waals surface area contributed by atoms with Gasteiger partial charge in [0.05, 0.1) is 13.2 Å². The van der Waals surface area contributed by atoms with Gasteiger partial charge in [-0.25, -0.2) is 9.59 Å². The maximum Gasteiger partial charge on any atom is 0.328 e. The Kier molecular flexibility index (Phi) is 6.48. The quantitative estimate of drug-likeness (QED) is 0.580. The average molecular weight is 282 g/mol. The summed E-state index contributed by atoms with van der Waals surface area (Å²) in [6, 6.07) is 5.13. The highest BCUT2D eigenvalue weighted by Gasteiger charge is 2.18. The van der Waals surface area contributed by atoms with E-state index in [9.17, 15) is 9.59 Å². The van der Waals surface area contributed by atoms with Crippen LogP contribution in [0.3, 0.4) is 0 Å². The van der Waals surface area contributed by atoms with Crippen LogP contribution in [0.4, 0.5) is 10.5 Å². The van der Waals surface area contributed by atoms with Crippen LogP contribution in [0, 0.1) is 0 Å². The number of aliphatic hydroxyl groups is 1. The fraction of sp³-hybridized carbons (Fsp3) is 0.385. The van der Waals surface area contributed by atoms with Crippen molar-refractivity contribution in [3.8, 4) is 0 Å². The lowest BCUT2D eigenvalue weighted by Gasteiger charge is -2.14. The maximum atomic E-state index is 11.7. The zero-order valence-corrected chi connectivity index (χ0v) is 11.1. The van der Waals surface area contributed by atoms with E-state index in [0.717, 1.165) is 5.56 Å². The third-order valence-corrected chi connectivity index (χ3v) is 2.63. The Morgan fingerprint density at radius 2 is 2.05 bits per heavy atom. The lowest BCUT2D eigenvalue weighted by Crippen LogP contribution is -2.45. The number of hydrogen-bond acceptors (Lipinski definition) is 4. The number of methoxy groups -OCH3 is 1. The Hall–Kier alpha value is -2.12. The van der Waals surface area contributed by atoms with Crippen molar-refractivity contribution in [2.24, 2.45) is 0 Å². The fourth-order valence-corrected chi connectivity index (χ4v) is 1.57. The first-order valence-corrected chi connectivity index (χ1v) is 6.06. The molecule has 1 atom stereocenters. The highest BCUT2D eigenvalue weighted by atomic mass is 16.5. The van der Waals surface area contributed by atoms with E-state index in [-0.39, 0.29) is 0 Å². The van der Waals surface area contributed by atoms with Crippen LogP contribution >= 0.6 is 0 Å². The molecular formula is C13H18N2O5. The minimum Gasteiger partial charge on any atom is -0.480 e. The highest BCUT2D eigenvalue weighted by Crippen LogP contribution is 2.15. The summed E-state index contributed by atoms with van der Waals surface area (Å²) in [6.45, 7) is -0.164. The predicted molar refractivity (Wildman–Crippen MR) is 72.7 cm³/mol. The molecule has 0 aromatic heterocycles. The zero-order chi connectivity index (χ0) is 15.0. The van der Waals surface area contributed by atoms with E-state index < -0.39 is 24.6 Å². The number of aliphatic carboxylic acids is 1. The molecule has 0 heterocycles. The van der Waals surface area contributed by atoms with Crippen molar-refractivity contribution in [2.45, 2.75) is 12.5 Å². The number of aliphatic hydroxyl groups excluding tert-OH is 1. The second-order valence-electron chi connectivity index (χ2n) is 4.07. The van der Waals surface area contributed by atoms with Gasteiger partial charge in [0.15, 0.2) is 6.04 Å². The molecule has 0 aliphatic carbocycles. The van der Waals surface area contributed by atoms with Gasteiger partial charge < -0.3 is 25.6 Å². The lowest BCUT2D eigenvalue weighted by atomic mass is 10.1. The normalized spacial score (nSPS) is 11.7. The second-order valence-corrected chi connectivity index (χ2v) is 4.07.